The number of aliphatic hydroxyl groups excluding tert-OH is 1. The van der Waals surface area contributed by atoms with E-state index < -0.39 is 0 Å². The number of piperidine rings is 1. The van der Waals surface area contributed by atoms with Crippen LogP contribution in [-0.2, 0) is 6.54 Å². The number of rotatable bonds is 4. The van der Waals surface area contributed by atoms with E-state index in [1.807, 2.05) is 36.7 Å². The van der Waals surface area contributed by atoms with Crippen molar-refractivity contribution in [1.29, 1.82) is 5.26 Å². The molecule has 4 aromatic rings. The minimum Gasteiger partial charge on any atom is -0.393 e. The van der Waals surface area contributed by atoms with E-state index in [2.05, 4.69) is 49.4 Å². The average molecular weight is 506 g/mol. The molecule has 2 saturated heterocycles. The lowest BCUT2D eigenvalue weighted by molar-refractivity contribution is 0.0762. The topological polar surface area (TPSA) is 86.1 Å². The van der Waals surface area contributed by atoms with Gasteiger partial charge in [0.05, 0.1) is 41.4 Å². The molecule has 0 radical (unpaired) electrons. The quantitative estimate of drug-likeness (QED) is 0.399. The molecule has 2 fully saturated rings. The number of likely N-dealkylation sites (tertiary alicyclic amines) is 1. The number of aromatic nitrogens is 4. The third-order valence-electron chi connectivity index (χ3n) is 8.31. The second kappa shape index (κ2) is 9.43. The first kappa shape index (κ1) is 23.2. The van der Waals surface area contributed by atoms with Crippen LogP contribution in [0.1, 0.15) is 30.5 Å². The molecular formula is C30H31N7O. The summed E-state index contributed by atoms with van der Waals surface area (Å²) >= 11 is 0. The molecule has 1 aromatic carbocycles. The third kappa shape index (κ3) is 4.18. The minimum absolute atomic E-state index is 0.118. The zero-order chi connectivity index (χ0) is 25.6. The first-order chi connectivity index (χ1) is 18.6. The van der Waals surface area contributed by atoms with Crippen molar-refractivity contribution in [3.8, 4) is 34.4 Å². The van der Waals surface area contributed by atoms with Gasteiger partial charge in [0.1, 0.15) is 5.82 Å². The van der Waals surface area contributed by atoms with Crippen molar-refractivity contribution in [1.82, 2.24) is 24.0 Å². The van der Waals surface area contributed by atoms with E-state index >= 15 is 0 Å². The number of benzene rings is 1. The second-order valence-corrected chi connectivity index (χ2v) is 10.8. The zero-order valence-corrected chi connectivity index (χ0v) is 21.4. The van der Waals surface area contributed by atoms with Crippen LogP contribution in [0.15, 0.2) is 61.1 Å². The molecule has 0 spiro atoms. The smallest absolute Gasteiger partial charge is 0.161 e. The summed E-state index contributed by atoms with van der Waals surface area (Å²) in [5.74, 6) is 2.59. The van der Waals surface area contributed by atoms with Crippen LogP contribution >= 0.6 is 0 Å². The van der Waals surface area contributed by atoms with Gasteiger partial charge in [0.2, 0.25) is 0 Å². The summed E-state index contributed by atoms with van der Waals surface area (Å²) < 4.78 is 4.39. The molecule has 0 bridgehead atoms. The van der Waals surface area contributed by atoms with Crippen LogP contribution in [0.2, 0.25) is 0 Å². The standard InChI is InChI=1S/C30H31N7O/c31-16-21-1-3-23(4-2-21)24-15-28-30-32-10-14-37(30)27-5-6-29(33-26(27)20-36(28)19-24)35-13-7-22(18-35)17-34-11-8-25(38)9-12-34/h1-6,10,14-15,19,22,25,38H,7-9,11-13,17-18,20H2. The fourth-order valence-corrected chi connectivity index (χ4v) is 6.22. The highest BCUT2D eigenvalue weighted by atomic mass is 16.3. The number of nitrogens with zero attached hydrogens (tertiary/aromatic N) is 7. The summed E-state index contributed by atoms with van der Waals surface area (Å²) in [4.78, 5) is 14.9. The van der Waals surface area contributed by atoms with Crippen LogP contribution < -0.4 is 4.90 Å². The second-order valence-electron chi connectivity index (χ2n) is 10.8. The Kier molecular flexibility index (Phi) is 5.76. The largest absolute Gasteiger partial charge is 0.393 e. The Morgan fingerprint density at radius 2 is 1.84 bits per heavy atom. The monoisotopic (exact) mass is 505 g/mol. The van der Waals surface area contributed by atoms with E-state index in [1.165, 1.54) is 6.42 Å². The Morgan fingerprint density at radius 3 is 2.66 bits per heavy atom. The summed E-state index contributed by atoms with van der Waals surface area (Å²) in [5, 5.41) is 19.0. The van der Waals surface area contributed by atoms with Crippen molar-refractivity contribution < 1.29 is 5.11 Å². The highest BCUT2D eigenvalue weighted by molar-refractivity contribution is 5.72. The number of aliphatic hydroxyl groups is 1. The Bertz CT molecular complexity index is 1500. The van der Waals surface area contributed by atoms with E-state index in [9.17, 15) is 5.11 Å². The lowest BCUT2D eigenvalue weighted by atomic mass is 10.0. The fourth-order valence-electron chi connectivity index (χ4n) is 6.22. The predicted octanol–water partition coefficient (Wildman–Crippen LogP) is 3.92. The van der Waals surface area contributed by atoms with Crippen molar-refractivity contribution >= 4 is 5.82 Å². The average Bonchev–Trinajstić information content (AvgIpc) is 3.69. The maximum absolute atomic E-state index is 9.82. The maximum atomic E-state index is 9.82. The normalized spacial score (nSPS) is 19.5. The van der Waals surface area contributed by atoms with Gasteiger partial charge >= 0.3 is 0 Å². The van der Waals surface area contributed by atoms with E-state index in [1.54, 1.807) is 0 Å². The number of pyridine rings is 1. The lowest BCUT2D eigenvalue weighted by Gasteiger charge is -2.31. The molecule has 192 valence electrons. The summed E-state index contributed by atoms with van der Waals surface area (Å²) in [6, 6.07) is 16.4. The van der Waals surface area contributed by atoms with Gasteiger partial charge in [-0.15, -0.1) is 0 Å². The van der Waals surface area contributed by atoms with Crippen LogP contribution in [0.3, 0.4) is 0 Å². The Labute approximate surface area is 222 Å². The number of anilines is 1. The van der Waals surface area contributed by atoms with Gasteiger partial charge < -0.3 is 19.5 Å². The number of imidazole rings is 1. The van der Waals surface area contributed by atoms with Gasteiger partial charge in [-0.1, -0.05) is 12.1 Å². The van der Waals surface area contributed by atoms with Gasteiger partial charge in [0.25, 0.3) is 0 Å². The Balaban J connectivity index is 1.15. The van der Waals surface area contributed by atoms with E-state index in [0.29, 0.717) is 18.0 Å². The molecule has 1 unspecified atom stereocenters. The zero-order valence-electron chi connectivity index (χ0n) is 21.4. The number of fused-ring (bicyclic) bond motifs is 5. The number of hydrogen-bond acceptors (Lipinski definition) is 6. The molecule has 0 saturated carbocycles. The number of hydrogen-bond donors (Lipinski definition) is 1. The van der Waals surface area contributed by atoms with Crippen LogP contribution in [0.4, 0.5) is 5.82 Å². The van der Waals surface area contributed by atoms with Crippen molar-refractivity contribution in [3.63, 3.8) is 0 Å². The molecule has 7 rings (SSSR count). The van der Waals surface area contributed by atoms with E-state index in [-0.39, 0.29) is 6.10 Å². The summed E-state index contributed by atoms with van der Waals surface area (Å²) in [7, 11) is 0. The first-order valence-electron chi connectivity index (χ1n) is 13.5. The van der Waals surface area contributed by atoms with Gasteiger partial charge in [-0.2, -0.15) is 5.26 Å². The van der Waals surface area contributed by atoms with Crippen molar-refractivity contribution in [2.24, 2.45) is 5.92 Å². The SMILES string of the molecule is N#Cc1ccc(-c2cc3n(c2)Cc2nc(N4CCC(CN5CCC(O)CC5)C4)ccc2-n2ccnc2-3)cc1. The first-order valence-corrected chi connectivity index (χ1v) is 13.5. The predicted molar refractivity (Wildman–Crippen MR) is 146 cm³/mol. The van der Waals surface area contributed by atoms with E-state index in [4.69, 9.17) is 15.2 Å². The van der Waals surface area contributed by atoms with Crippen molar-refractivity contribution in [3.05, 3.63) is 72.3 Å². The van der Waals surface area contributed by atoms with Crippen LogP contribution in [0.25, 0.3) is 28.3 Å². The van der Waals surface area contributed by atoms with Gasteiger partial charge in [-0.3, -0.25) is 4.57 Å². The summed E-state index contributed by atoms with van der Waals surface area (Å²) in [6.45, 7) is 5.85. The fraction of sp³-hybridized carbons (Fsp3) is 0.367. The highest BCUT2D eigenvalue weighted by Crippen LogP contribution is 2.35. The molecule has 3 aliphatic rings. The molecule has 8 heteroatoms. The summed E-state index contributed by atoms with van der Waals surface area (Å²) in [6.07, 6.45) is 8.88. The van der Waals surface area contributed by atoms with Gasteiger partial charge in [0, 0.05) is 56.9 Å². The molecular weight excluding hydrogens is 474 g/mol. The molecule has 1 atom stereocenters. The van der Waals surface area contributed by atoms with Gasteiger partial charge in [-0.25, -0.2) is 9.97 Å². The molecule has 3 aliphatic heterocycles. The van der Waals surface area contributed by atoms with Crippen LogP contribution in [-0.4, -0.2) is 67.9 Å². The number of nitriles is 1. The molecule has 8 nitrogen and oxygen atoms in total. The third-order valence-corrected chi connectivity index (χ3v) is 8.31. The Morgan fingerprint density at radius 1 is 1.00 bits per heavy atom. The maximum Gasteiger partial charge on any atom is 0.161 e. The Hall–Kier alpha value is -3.93. The molecule has 1 N–H and O–H groups in total. The summed E-state index contributed by atoms with van der Waals surface area (Å²) in [5.41, 5.74) is 6.02. The van der Waals surface area contributed by atoms with Crippen LogP contribution in [0.5, 0.6) is 0 Å². The minimum atomic E-state index is -0.118. The molecule has 38 heavy (non-hydrogen) atoms. The lowest BCUT2D eigenvalue weighted by Crippen LogP contribution is -2.39. The molecule has 6 heterocycles. The van der Waals surface area contributed by atoms with Crippen molar-refractivity contribution in [2.75, 3.05) is 37.6 Å². The van der Waals surface area contributed by atoms with Gasteiger partial charge in [0.15, 0.2) is 5.82 Å². The molecule has 3 aromatic heterocycles. The molecule has 0 amide bonds. The van der Waals surface area contributed by atoms with E-state index in [0.717, 1.165) is 85.4 Å². The highest BCUT2D eigenvalue weighted by Gasteiger charge is 2.28. The molecule has 0 aliphatic carbocycles. The van der Waals surface area contributed by atoms with Gasteiger partial charge in [-0.05, 0) is 61.1 Å². The van der Waals surface area contributed by atoms with Crippen LogP contribution in [0, 0.1) is 17.2 Å². The van der Waals surface area contributed by atoms with Crippen molar-refractivity contribution in [2.45, 2.75) is 31.9 Å².